The van der Waals surface area contributed by atoms with Crippen LogP contribution in [0.2, 0.25) is 0 Å². The van der Waals surface area contributed by atoms with E-state index in [2.05, 4.69) is 5.32 Å². The molecule has 1 amide bonds. The van der Waals surface area contributed by atoms with Crippen molar-refractivity contribution in [2.45, 2.75) is 147 Å². The molecule has 2 saturated carbocycles. The van der Waals surface area contributed by atoms with Gasteiger partial charge in [-0.3, -0.25) is 4.79 Å². The van der Waals surface area contributed by atoms with Crippen LogP contribution in [-0.2, 0) is 47.5 Å². The molecule has 3 aliphatic heterocycles. The fourth-order valence-electron chi connectivity index (χ4n) is 11.1. The van der Waals surface area contributed by atoms with Crippen molar-refractivity contribution >= 4 is 24.0 Å². The van der Waals surface area contributed by atoms with E-state index in [0.29, 0.717) is 30.5 Å². The molecular formula is C45H64N2O14. The van der Waals surface area contributed by atoms with Crippen molar-refractivity contribution in [2.75, 3.05) is 40.5 Å². The van der Waals surface area contributed by atoms with Crippen LogP contribution in [0.4, 0.5) is 4.79 Å². The number of hydrogen-bond acceptors (Lipinski definition) is 15. The summed E-state index contributed by atoms with van der Waals surface area (Å²) in [5, 5.41) is 28.3. The van der Waals surface area contributed by atoms with Gasteiger partial charge in [0.25, 0.3) is 0 Å². The minimum Gasteiger partial charge on any atom is -0.456 e. The summed E-state index contributed by atoms with van der Waals surface area (Å²) in [6, 6.07) is 7.25. The molecule has 61 heavy (non-hydrogen) atoms. The monoisotopic (exact) mass is 856 g/mol. The molecule has 0 radical (unpaired) electrons. The average Bonchev–Trinajstić information content (AvgIpc) is 3.55. The lowest BCUT2D eigenvalue weighted by atomic mass is 9.45. The van der Waals surface area contributed by atoms with Gasteiger partial charge < -0.3 is 58.3 Å². The molecule has 0 unspecified atom stereocenters. The molecule has 6 aliphatic rings. The molecule has 3 N–H and O–H groups in total. The van der Waals surface area contributed by atoms with E-state index in [9.17, 15) is 29.4 Å². The summed E-state index contributed by atoms with van der Waals surface area (Å²) in [5.41, 5.74) is -5.93. The highest BCUT2D eigenvalue weighted by atomic mass is 16.7. The van der Waals surface area contributed by atoms with Gasteiger partial charge in [0, 0.05) is 36.1 Å². The molecule has 3 saturated heterocycles. The predicted octanol–water partition coefficient (Wildman–Crippen LogP) is 3.69. The number of hydrogen-bond donors (Lipinski definition) is 3. The number of esters is 3. The molecule has 1 aromatic carbocycles. The maximum Gasteiger partial charge on any atom is 0.407 e. The fourth-order valence-corrected chi connectivity index (χ4v) is 11.1. The molecule has 16 nitrogen and oxygen atoms in total. The number of alkyl carbamates (subject to hydrolysis) is 1. The van der Waals surface area contributed by atoms with Crippen LogP contribution >= 0.6 is 0 Å². The van der Waals surface area contributed by atoms with E-state index >= 15 is 0 Å². The van der Waals surface area contributed by atoms with Crippen LogP contribution in [-0.4, -0.2) is 145 Å². The lowest BCUT2D eigenvalue weighted by molar-refractivity contribution is -0.345. The zero-order valence-electron chi connectivity index (χ0n) is 37.3. The third-order valence-corrected chi connectivity index (χ3v) is 14.2. The van der Waals surface area contributed by atoms with Gasteiger partial charge in [0.15, 0.2) is 18.0 Å². The predicted molar refractivity (Wildman–Crippen MR) is 217 cm³/mol. The molecule has 338 valence electrons. The molecule has 0 spiro atoms. The number of benzene rings is 1. The van der Waals surface area contributed by atoms with Gasteiger partial charge in [-0.2, -0.15) is 0 Å². The van der Waals surface area contributed by atoms with Crippen molar-refractivity contribution in [3.8, 4) is 0 Å². The van der Waals surface area contributed by atoms with Crippen molar-refractivity contribution in [1.29, 1.82) is 0 Å². The van der Waals surface area contributed by atoms with E-state index in [1.54, 1.807) is 58.0 Å². The van der Waals surface area contributed by atoms with Crippen LogP contribution in [0.1, 0.15) is 91.9 Å². The van der Waals surface area contributed by atoms with Gasteiger partial charge in [0.05, 0.1) is 43.4 Å². The second-order valence-electron chi connectivity index (χ2n) is 20.4. The Morgan fingerprint density at radius 2 is 1.67 bits per heavy atom. The van der Waals surface area contributed by atoms with E-state index in [4.69, 9.17) is 37.9 Å². The molecular weight excluding hydrogens is 792 g/mol. The molecule has 1 aromatic rings. The third kappa shape index (κ3) is 7.77. The highest BCUT2D eigenvalue weighted by Gasteiger charge is 2.77. The number of carbonyl (C=O) groups excluding carboxylic acids is 4. The van der Waals surface area contributed by atoms with Crippen molar-refractivity contribution in [1.82, 2.24) is 10.2 Å². The number of carbonyl (C=O) groups is 4. The molecule has 3 aliphatic carbocycles. The maximum absolute atomic E-state index is 14.4. The van der Waals surface area contributed by atoms with Gasteiger partial charge in [-0.05, 0) is 77.9 Å². The van der Waals surface area contributed by atoms with Crippen LogP contribution in [0.5, 0.6) is 0 Å². The zero-order valence-corrected chi connectivity index (χ0v) is 37.3. The van der Waals surface area contributed by atoms with Gasteiger partial charge >= 0.3 is 24.0 Å². The summed E-state index contributed by atoms with van der Waals surface area (Å²) < 4.78 is 50.2. The summed E-state index contributed by atoms with van der Waals surface area (Å²) in [4.78, 5) is 56.9. The Balaban J connectivity index is 1.37. The maximum atomic E-state index is 14.4. The number of rotatable bonds is 10. The largest absolute Gasteiger partial charge is 0.456 e. The summed E-state index contributed by atoms with van der Waals surface area (Å²) in [6.45, 7) is 16.4. The second kappa shape index (κ2) is 15.9. The van der Waals surface area contributed by atoms with Crippen LogP contribution in [0.15, 0.2) is 41.5 Å². The van der Waals surface area contributed by atoms with Gasteiger partial charge in [-0.25, -0.2) is 14.4 Å². The summed E-state index contributed by atoms with van der Waals surface area (Å²) in [5.74, 6) is -3.27. The number of amides is 1. The first kappa shape index (κ1) is 45.4. The number of aliphatic hydroxyl groups excluding tert-OH is 1. The molecule has 3 heterocycles. The standard InChI is InChI=1S/C45H64N2O14/c1-24-27(56-38(51)31(49)34(42(8)21-54-22-42)46-39(52)61-40(3,4)5)19-45(53)36(59-37(50)26-15-13-12-14-16-26)33-43(9,18-17-28-44(33,23-55-28)60-25(2)48)35-32(30(24)41(45,6)7)57-29(58-35)20-47(10)11/h12-16,27-29,31-36,49,53H,17-23H2,1-11H3,(H,46,52)/t27-,28+,29+,31+,32+,33-,34+,35+,36-,43+,44-,45+/m0/s1. The Kier molecular flexibility index (Phi) is 11.8. The lowest BCUT2D eigenvalue weighted by Crippen LogP contribution is -2.79. The molecule has 12 atom stereocenters. The van der Waals surface area contributed by atoms with Gasteiger partial charge in [-0.15, -0.1) is 0 Å². The van der Waals surface area contributed by atoms with Crippen LogP contribution in [0.3, 0.4) is 0 Å². The van der Waals surface area contributed by atoms with E-state index < -0.39 is 112 Å². The van der Waals surface area contributed by atoms with Crippen LogP contribution < -0.4 is 5.32 Å². The SMILES string of the molecule is CC(=O)O[C@@]12CO[C@@H]1CC[C@@]1(C)[C@@H]3O[C@H](CN(C)C)O[C@@H]3C3=C(C)[C@@H](OC(=O)[C@H](O)[C@@H](NC(=O)OC(C)(C)C)C4(C)COC4)C[C@@](O)([C@@H](OC(=O)c4ccccc4)[C@@H]12)C3(C)C. The average molecular weight is 857 g/mol. The normalized spacial score (nSPS) is 36.9. The van der Waals surface area contributed by atoms with Crippen molar-refractivity contribution < 1.29 is 67.3 Å². The van der Waals surface area contributed by atoms with E-state index in [1.807, 2.05) is 46.7 Å². The van der Waals surface area contributed by atoms with Gasteiger partial charge in [0.2, 0.25) is 0 Å². The first-order valence-electron chi connectivity index (χ1n) is 21.3. The van der Waals surface area contributed by atoms with E-state index in [-0.39, 0.29) is 31.8 Å². The van der Waals surface area contributed by atoms with Gasteiger partial charge in [-0.1, -0.05) is 45.9 Å². The van der Waals surface area contributed by atoms with E-state index in [1.165, 1.54) is 6.92 Å². The number of nitrogens with zero attached hydrogens (tertiary/aromatic N) is 1. The molecule has 7 rings (SSSR count). The lowest BCUT2D eigenvalue weighted by Gasteiger charge is -2.68. The van der Waals surface area contributed by atoms with E-state index in [0.717, 1.165) is 0 Å². The molecule has 16 heteroatoms. The van der Waals surface area contributed by atoms with Crippen LogP contribution in [0.25, 0.3) is 0 Å². The van der Waals surface area contributed by atoms with Crippen molar-refractivity contribution in [3.05, 3.63) is 47.0 Å². The third-order valence-electron chi connectivity index (χ3n) is 14.2. The summed E-state index contributed by atoms with van der Waals surface area (Å²) in [6.07, 6.45) is -7.51. The topological polar surface area (TPSA) is 198 Å². The number of fused-ring (bicyclic) bond motifs is 8. The Labute approximate surface area is 357 Å². The van der Waals surface area contributed by atoms with Crippen molar-refractivity contribution in [3.63, 3.8) is 0 Å². The summed E-state index contributed by atoms with van der Waals surface area (Å²) in [7, 11) is 3.80. The number of likely N-dealkylation sites (N-methyl/N-ethyl adjacent to an activating group) is 1. The number of ether oxygens (including phenoxy) is 8. The number of nitrogens with one attached hydrogen (secondary N) is 1. The van der Waals surface area contributed by atoms with Crippen molar-refractivity contribution in [2.24, 2.45) is 22.2 Å². The first-order chi connectivity index (χ1) is 28.4. The summed E-state index contributed by atoms with van der Waals surface area (Å²) >= 11 is 0. The minimum atomic E-state index is -2.05. The van der Waals surface area contributed by atoms with Crippen LogP contribution in [0, 0.1) is 22.2 Å². The highest BCUT2D eigenvalue weighted by molar-refractivity contribution is 5.89. The Morgan fingerprint density at radius 1 is 1.00 bits per heavy atom. The quantitative estimate of drug-likeness (QED) is 0.175. The Bertz CT molecular complexity index is 1910. The van der Waals surface area contributed by atoms with Gasteiger partial charge in [0.1, 0.15) is 35.6 Å². The zero-order chi connectivity index (χ0) is 44.7. The molecule has 0 aromatic heterocycles. The Hall–Kier alpha value is -3.64. The molecule has 5 fully saturated rings. The second-order valence-corrected chi connectivity index (χ2v) is 20.4. The Morgan fingerprint density at radius 3 is 2.23 bits per heavy atom. The minimum absolute atomic E-state index is 0.0202. The fraction of sp³-hybridized carbons (Fsp3) is 0.733. The molecule has 2 bridgehead atoms. The first-order valence-corrected chi connectivity index (χ1v) is 21.3. The smallest absolute Gasteiger partial charge is 0.407 e. The number of aliphatic hydroxyl groups is 2. The highest BCUT2D eigenvalue weighted by Crippen LogP contribution is 2.66.